The summed E-state index contributed by atoms with van der Waals surface area (Å²) in [7, 11) is 0. The van der Waals surface area contributed by atoms with Crippen molar-refractivity contribution in [2.75, 3.05) is 19.5 Å². The van der Waals surface area contributed by atoms with Gasteiger partial charge in [-0.1, -0.05) is 133 Å². The maximum absolute atomic E-state index is 7.29. The smallest absolute Gasteiger partial charge is 0.220 e. The van der Waals surface area contributed by atoms with Crippen LogP contribution in [0.1, 0.15) is 70.2 Å². The predicted molar refractivity (Wildman–Crippen MR) is 258 cm³/mol. The van der Waals surface area contributed by atoms with Crippen molar-refractivity contribution in [1.29, 1.82) is 0 Å². The fourth-order valence-corrected chi connectivity index (χ4v) is 10.8. The van der Waals surface area contributed by atoms with E-state index >= 15 is 0 Å². The fourth-order valence-electron chi connectivity index (χ4n) is 10.5. The summed E-state index contributed by atoms with van der Waals surface area (Å²) in [6.07, 6.45) is -2.44. The molecule has 14 heteroatoms. The van der Waals surface area contributed by atoms with Crippen molar-refractivity contribution in [3.63, 3.8) is 0 Å². The van der Waals surface area contributed by atoms with E-state index in [1.54, 1.807) is 0 Å². The van der Waals surface area contributed by atoms with E-state index < -0.39 is 83.4 Å². The lowest BCUT2D eigenvalue weighted by molar-refractivity contribution is -0.293. The molecule has 360 valence electrons. The Balaban J connectivity index is 1.19. The molecule has 0 aromatic heterocycles. The van der Waals surface area contributed by atoms with Gasteiger partial charge in [0.1, 0.15) is 42.2 Å². The van der Waals surface area contributed by atoms with E-state index in [4.69, 9.17) is 64.3 Å². The molecule has 1 N–H and O–H groups in total. The van der Waals surface area contributed by atoms with Crippen LogP contribution in [0.5, 0.6) is 0 Å². The maximum atomic E-state index is 7.29. The van der Waals surface area contributed by atoms with Gasteiger partial charge in [-0.2, -0.15) is 0 Å². The topological polar surface area (TPSA) is 114 Å². The van der Waals surface area contributed by atoms with E-state index in [0.717, 1.165) is 22.3 Å². The van der Waals surface area contributed by atoms with E-state index in [2.05, 4.69) is 41.7 Å². The van der Waals surface area contributed by atoms with Crippen LogP contribution < -0.4 is 5.32 Å². The first-order chi connectivity index (χ1) is 32.2. The second kappa shape index (κ2) is 20.2. The van der Waals surface area contributed by atoms with Gasteiger partial charge in [0.15, 0.2) is 29.1 Å². The summed E-state index contributed by atoms with van der Waals surface area (Å²) in [5, 5.41) is 4.14. The molecule has 0 bridgehead atoms. The second-order valence-electron chi connectivity index (χ2n) is 19.6. The molecule has 2 spiro atoms. The van der Waals surface area contributed by atoms with Crippen molar-refractivity contribution < 1.29 is 52.1 Å². The Labute approximate surface area is 404 Å². The maximum Gasteiger partial charge on any atom is 0.220 e. The molecule has 4 aromatic carbocycles. The van der Waals surface area contributed by atoms with E-state index in [0.29, 0.717) is 17.4 Å². The van der Waals surface area contributed by atoms with E-state index in [9.17, 15) is 0 Å². The molecule has 2 saturated carbocycles. The highest BCUT2D eigenvalue weighted by atomic mass is 32.2. The van der Waals surface area contributed by atoms with Crippen molar-refractivity contribution in [2.24, 2.45) is 0 Å². The Morgan fingerprint density at radius 1 is 0.582 bits per heavy atom. The number of thiocarbonyl (C=S) groups is 1. The molecular formula is C53H65NO11S2. The number of hydrogen-bond acceptors (Lipinski definition) is 14. The zero-order valence-electron chi connectivity index (χ0n) is 39.5. The average molecular weight is 956 g/mol. The molecule has 67 heavy (non-hydrogen) atoms. The van der Waals surface area contributed by atoms with Crippen LogP contribution >= 0.6 is 24.0 Å². The molecule has 3 aliphatic heterocycles. The zero-order valence-corrected chi connectivity index (χ0v) is 41.1. The van der Waals surface area contributed by atoms with E-state index in [1.807, 2.05) is 133 Å². The number of benzene rings is 4. The molecule has 12 nitrogen and oxygen atoms in total. The van der Waals surface area contributed by atoms with E-state index in [-0.39, 0.29) is 33.0 Å². The van der Waals surface area contributed by atoms with Crippen molar-refractivity contribution in [1.82, 2.24) is 5.32 Å². The van der Waals surface area contributed by atoms with Crippen molar-refractivity contribution in [3.8, 4) is 0 Å². The molecule has 11 atom stereocenters. The molecule has 0 unspecified atom stereocenters. The Morgan fingerprint density at radius 2 is 1.06 bits per heavy atom. The van der Waals surface area contributed by atoms with Crippen LogP contribution in [-0.2, 0) is 78.5 Å². The highest BCUT2D eigenvalue weighted by molar-refractivity contribution is 8.22. The highest BCUT2D eigenvalue weighted by Crippen LogP contribution is 2.52. The number of ether oxygens (including phenoxy) is 11. The van der Waals surface area contributed by atoms with Gasteiger partial charge in [-0.15, -0.1) is 0 Å². The molecule has 0 amide bonds. The minimum atomic E-state index is -1.29. The molecule has 3 heterocycles. The lowest BCUT2D eigenvalue weighted by Gasteiger charge is -2.56. The zero-order chi connectivity index (χ0) is 46.9. The van der Waals surface area contributed by atoms with Crippen molar-refractivity contribution >= 4 is 28.4 Å². The number of rotatable bonds is 15. The molecule has 2 aliphatic carbocycles. The molecular weight excluding hydrogens is 891 g/mol. The van der Waals surface area contributed by atoms with Gasteiger partial charge in [0.2, 0.25) is 4.38 Å². The summed E-state index contributed by atoms with van der Waals surface area (Å²) < 4.78 is 77.2. The minimum absolute atomic E-state index is 0.111. The molecule has 4 aromatic rings. The van der Waals surface area contributed by atoms with Gasteiger partial charge >= 0.3 is 0 Å². The summed E-state index contributed by atoms with van der Waals surface area (Å²) in [6, 6.07) is 39.3. The quantitative estimate of drug-likeness (QED) is 0.115. The normalized spacial score (nSPS) is 33.7. The van der Waals surface area contributed by atoms with Crippen LogP contribution in [0.15, 0.2) is 121 Å². The summed E-state index contributed by atoms with van der Waals surface area (Å²) in [5.41, 5.74) is 1.79. The van der Waals surface area contributed by atoms with Crippen LogP contribution in [0.25, 0.3) is 0 Å². The lowest BCUT2D eigenvalue weighted by Crippen LogP contribution is -2.78. The van der Waals surface area contributed by atoms with Gasteiger partial charge < -0.3 is 57.4 Å². The molecule has 5 fully saturated rings. The Morgan fingerprint density at radius 3 is 1.54 bits per heavy atom. The van der Waals surface area contributed by atoms with Crippen LogP contribution in [0.3, 0.4) is 0 Å². The number of hydrogen-bond donors (Lipinski definition) is 1. The number of fused-ring (bicyclic) bond motifs is 2. The van der Waals surface area contributed by atoms with Crippen LogP contribution in [0.2, 0.25) is 0 Å². The Hall–Kier alpha value is -3.32. The minimum Gasteiger partial charge on any atom is -0.470 e. The van der Waals surface area contributed by atoms with Crippen LogP contribution in [0.4, 0.5) is 0 Å². The second-order valence-corrected chi connectivity index (χ2v) is 21.0. The first-order valence-corrected chi connectivity index (χ1v) is 25.0. The first kappa shape index (κ1) is 48.7. The van der Waals surface area contributed by atoms with Gasteiger partial charge in [0, 0.05) is 6.04 Å². The monoisotopic (exact) mass is 955 g/mol. The van der Waals surface area contributed by atoms with E-state index in [1.165, 1.54) is 11.8 Å². The van der Waals surface area contributed by atoms with Crippen LogP contribution in [0, 0.1) is 0 Å². The third-order valence-corrected chi connectivity index (χ3v) is 14.3. The highest BCUT2D eigenvalue weighted by Gasteiger charge is 2.70. The SMILES string of the molecule is CSC(=S)O[C@H]1[C@H](N[C@H]2C[C@]3(COC(C)(C)O3)[C@H]3OC(C)(C)O[C@@H]3[C@H]2OCc2ccccc2)[C@H](OCc2ccccc2)[C@@H](OCc2ccccc2)[C@H](OCc2ccccc2)[C@@]12COC(C)(C)O2. The number of thioether (sulfide) groups is 1. The predicted octanol–water partition coefficient (Wildman–Crippen LogP) is 8.67. The fraction of sp³-hybridized carbons (Fsp3) is 0.528. The molecule has 5 aliphatic rings. The summed E-state index contributed by atoms with van der Waals surface area (Å²) in [6.45, 7) is 13.1. The van der Waals surface area contributed by atoms with Crippen LogP contribution in [-0.4, -0.2) is 107 Å². The molecule has 0 radical (unpaired) electrons. The standard InChI is InChI=1S/C53H65NO11S2/c1-49(2)59-33-52(64-49)28-39(41(44-46(52)63-51(5,6)62-44)55-29-35-20-12-8-13-21-35)54-40-42(56-30-36-22-14-9-15-23-36)43(57-31-37-24-16-10-17-25-37)47(58-32-38-26-18-11-19-27-38)53(34-60-50(3,4)65-53)45(40)61-48(66)67-7/h8-27,39-47,54H,28-34H2,1-7H3/t39-,40+,41-,42-,43+,44+,45-,46-,47-,52-,53+/m0/s1. The van der Waals surface area contributed by atoms with Crippen molar-refractivity contribution in [3.05, 3.63) is 144 Å². The Bertz CT molecular complexity index is 2240. The van der Waals surface area contributed by atoms with Crippen molar-refractivity contribution in [2.45, 2.75) is 158 Å². The Kier molecular flexibility index (Phi) is 14.7. The average Bonchev–Trinajstić information content (AvgIpc) is 3.95. The number of nitrogens with one attached hydrogen (secondary N) is 1. The molecule has 9 rings (SSSR count). The summed E-state index contributed by atoms with van der Waals surface area (Å²) >= 11 is 7.34. The van der Waals surface area contributed by atoms with Gasteiger partial charge in [0.05, 0.1) is 45.7 Å². The largest absolute Gasteiger partial charge is 0.470 e. The van der Waals surface area contributed by atoms with Gasteiger partial charge in [-0.25, -0.2) is 0 Å². The molecule has 3 saturated heterocycles. The lowest BCUT2D eigenvalue weighted by atomic mass is 9.71. The van der Waals surface area contributed by atoms with Gasteiger partial charge in [-0.3, -0.25) is 0 Å². The summed E-state index contributed by atoms with van der Waals surface area (Å²) in [4.78, 5) is 0. The van der Waals surface area contributed by atoms with Gasteiger partial charge in [-0.05, 0) is 88.7 Å². The third-order valence-electron chi connectivity index (χ3n) is 13.3. The first-order valence-electron chi connectivity index (χ1n) is 23.3. The van der Waals surface area contributed by atoms with Gasteiger partial charge in [0.25, 0.3) is 0 Å². The summed E-state index contributed by atoms with van der Waals surface area (Å²) in [5.74, 6) is -2.85. The third kappa shape index (κ3) is 10.9.